The Morgan fingerprint density at radius 1 is 1.33 bits per heavy atom. The Balaban J connectivity index is 1.92. The van der Waals surface area contributed by atoms with E-state index >= 15 is 0 Å². The van der Waals surface area contributed by atoms with Gasteiger partial charge in [-0.15, -0.1) is 5.10 Å². The third-order valence-electron chi connectivity index (χ3n) is 3.77. The molecule has 0 bridgehead atoms. The maximum absolute atomic E-state index is 5.50. The van der Waals surface area contributed by atoms with Gasteiger partial charge in [-0.05, 0) is 20.9 Å². The molecule has 0 spiro atoms. The van der Waals surface area contributed by atoms with Crippen LogP contribution in [-0.2, 0) is 13.1 Å². The van der Waals surface area contributed by atoms with E-state index < -0.39 is 0 Å². The van der Waals surface area contributed by atoms with Crippen LogP contribution in [0.2, 0.25) is 0 Å². The predicted octanol–water partition coefficient (Wildman–Crippen LogP) is -0.239. The van der Waals surface area contributed by atoms with Gasteiger partial charge in [0.15, 0.2) is 0 Å². The van der Waals surface area contributed by atoms with Crippen molar-refractivity contribution in [1.29, 1.82) is 0 Å². The zero-order valence-corrected chi connectivity index (χ0v) is 11.6. The number of rotatable bonds is 4. The van der Waals surface area contributed by atoms with Gasteiger partial charge in [0.25, 0.3) is 0 Å². The molecule has 102 valence electrons. The molecule has 2 unspecified atom stereocenters. The first-order valence-electron chi connectivity index (χ1n) is 6.63. The fourth-order valence-electron chi connectivity index (χ4n) is 2.52. The highest BCUT2D eigenvalue weighted by molar-refractivity contribution is 4.94. The zero-order chi connectivity index (χ0) is 13.1. The van der Waals surface area contributed by atoms with Gasteiger partial charge >= 0.3 is 0 Å². The van der Waals surface area contributed by atoms with Crippen LogP contribution >= 0.6 is 0 Å². The van der Waals surface area contributed by atoms with Crippen LogP contribution in [0.1, 0.15) is 19.5 Å². The molecule has 0 aliphatic carbocycles. The van der Waals surface area contributed by atoms with E-state index in [4.69, 9.17) is 5.73 Å². The summed E-state index contributed by atoms with van der Waals surface area (Å²) in [5.74, 6) is 0. The van der Waals surface area contributed by atoms with Crippen LogP contribution in [0.3, 0.4) is 0 Å². The second kappa shape index (κ2) is 5.77. The van der Waals surface area contributed by atoms with E-state index in [0.717, 1.165) is 31.9 Å². The standard InChI is InChI=1S/C12H24N6/c1-10-6-17(7-11(2)16(10)3)8-12-9-18(5-4-13)15-14-12/h9-11H,4-8,13H2,1-3H3. The third-order valence-corrected chi connectivity index (χ3v) is 3.77. The van der Waals surface area contributed by atoms with Crippen molar-refractivity contribution in [2.75, 3.05) is 26.7 Å². The number of likely N-dealkylation sites (N-methyl/N-ethyl adjacent to an activating group) is 1. The van der Waals surface area contributed by atoms with Gasteiger partial charge in [-0.1, -0.05) is 5.21 Å². The molecule has 2 heterocycles. The van der Waals surface area contributed by atoms with Crippen molar-refractivity contribution in [2.45, 2.75) is 39.0 Å². The van der Waals surface area contributed by atoms with Gasteiger partial charge in [-0.2, -0.15) is 0 Å². The van der Waals surface area contributed by atoms with Crippen molar-refractivity contribution in [3.8, 4) is 0 Å². The first kappa shape index (κ1) is 13.5. The van der Waals surface area contributed by atoms with Crippen LogP contribution in [0.25, 0.3) is 0 Å². The Hall–Kier alpha value is -0.980. The second-order valence-corrected chi connectivity index (χ2v) is 5.32. The Morgan fingerprint density at radius 3 is 2.61 bits per heavy atom. The maximum Gasteiger partial charge on any atom is 0.0967 e. The average molecular weight is 252 g/mol. The van der Waals surface area contributed by atoms with E-state index in [1.807, 2.05) is 10.9 Å². The lowest BCUT2D eigenvalue weighted by molar-refractivity contribution is 0.0549. The SMILES string of the molecule is CC1CN(Cc2cn(CCN)nn2)CC(C)N1C. The molecule has 2 atom stereocenters. The molecule has 1 fully saturated rings. The monoisotopic (exact) mass is 252 g/mol. The largest absolute Gasteiger partial charge is 0.329 e. The van der Waals surface area contributed by atoms with E-state index in [1.165, 1.54) is 0 Å². The highest BCUT2D eigenvalue weighted by Crippen LogP contribution is 2.15. The van der Waals surface area contributed by atoms with Crippen LogP contribution in [0.5, 0.6) is 0 Å². The summed E-state index contributed by atoms with van der Waals surface area (Å²) in [6.45, 7) is 8.94. The smallest absolute Gasteiger partial charge is 0.0967 e. The van der Waals surface area contributed by atoms with E-state index in [-0.39, 0.29) is 0 Å². The minimum atomic E-state index is 0.591. The lowest BCUT2D eigenvalue weighted by Gasteiger charge is -2.42. The van der Waals surface area contributed by atoms with Gasteiger partial charge in [-0.25, -0.2) is 0 Å². The van der Waals surface area contributed by atoms with Gasteiger partial charge in [0.2, 0.25) is 0 Å². The van der Waals surface area contributed by atoms with Crippen LogP contribution in [0.4, 0.5) is 0 Å². The van der Waals surface area contributed by atoms with Gasteiger partial charge < -0.3 is 5.73 Å². The Labute approximate surface area is 109 Å². The van der Waals surface area contributed by atoms with Crippen molar-refractivity contribution >= 4 is 0 Å². The molecule has 1 aromatic rings. The molecule has 0 saturated carbocycles. The number of piperazine rings is 1. The van der Waals surface area contributed by atoms with Crippen molar-refractivity contribution in [3.05, 3.63) is 11.9 Å². The fourth-order valence-corrected chi connectivity index (χ4v) is 2.52. The van der Waals surface area contributed by atoms with Crippen LogP contribution in [0, 0.1) is 0 Å². The number of hydrogen-bond donors (Lipinski definition) is 1. The molecule has 1 aromatic heterocycles. The Bertz CT molecular complexity index is 364. The molecule has 0 amide bonds. The third kappa shape index (κ3) is 3.07. The quantitative estimate of drug-likeness (QED) is 0.801. The van der Waals surface area contributed by atoms with Gasteiger partial charge in [0.1, 0.15) is 0 Å². The normalized spacial score (nSPS) is 26.7. The number of nitrogens with zero attached hydrogens (tertiary/aromatic N) is 5. The first-order chi connectivity index (χ1) is 8.60. The minimum Gasteiger partial charge on any atom is -0.329 e. The first-order valence-corrected chi connectivity index (χ1v) is 6.63. The fraction of sp³-hybridized carbons (Fsp3) is 0.833. The Kier molecular flexibility index (Phi) is 4.31. The molecule has 6 nitrogen and oxygen atoms in total. The summed E-state index contributed by atoms with van der Waals surface area (Å²) in [6, 6.07) is 1.18. The summed E-state index contributed by atoms with van der Waals surface area (Å²) in [4.78, 5) is 4.88. The van der Waals surface area contributed by atoms with Gasteiger partial charge in [-0.3, -0.25) is 14.5 Å². The predicted molar refractivity (Wildman–Crippen MR) is 71.0 cm³/mol. The molecule has 1 aliphatic rings. The molecule has 0 aromatic carbocycles. The van der Waals surface area contributed by atoms with E-state index in [9.17, 15) is 0 Å². The number of aromatic nitrogens is 3. The molecule has 1 aliphatic heterocycles. The summed E-state index contributed by atoms with van der Waals surface area (Å²) in [7, 11) is 2.20. The highest BCUT2D eigenvalue weighted by atomic mass is 15.4. The molecular weight excluding hydrogens is 228 g/mol. The average Bonchev–Trinajstić information content (AvgIpc) is 2.74. The van der Waals surface area contributed by atoms with Gasteiger partial charge in [0, 0.05) is 44.5 Å². The van der Waals surface area contributed by atoms with Crippen LogP contribution in [-0.4, -0.2) is 63.6 Å². The van der Waals surface area contributed by atoms with Crippen molar-refractivity contribution in [2.24, 2.45) is 5.73 Å². The van der Waals surface area contributed by atoms with Crippen LogP contribution < -0.4 is 5.73 Å². The molecule has 18 heavy (non-hydrogen) atoms. The number of hydrogen-bond acceptors (Lipinski definition) is 5. The summed E-state index contributed by atoms with van der Waals surface area (Å²) in [6.07, 6.45) is 2.00. The van der Waals surface area contributed by atoms with Crippen molar-refractivity contribution in [3.63, 3.8) is 0 Å². The Morgan fingerprint density at radius 2 is 2.00 bits per heavy atom. The summed E-state index contributed by atoms with van der Waals surface area (Å²) >= 11 is 0. The number of nitrogens with two attached hydrogens (primary N) is 1. The molecule has 6 heteroatoms. The van der Waals surface area contributed by atoms with Crippen molar-refractivity contribution < 1.29 is 0 Å². The topological polar surface area (TPSA) is 63.2 Å². The van der Waals surface area contributed by atoms with Crippen LogP contribution in [0.15, 0.2) is 6.20 Å². The lowest BCUT2D eigenvalue weighted by Crippen LogP contribution is -2.54. The minimum absolute atomic E-state index is 0.591. The van der Waals surface area contributed by atoms with E-state index in [2.05, 4.69) is 41.0 Å². The molecule has 2 N–H and O–H groups in total. The lowest BCUT2D eigenvalue weighted by atomic mass is 10.1. The molecule has 2 rings (SSSR count). The van der Waals surface area contributed by atoms with E-state index in [0.29, 0.717) is 18.6 Å². The van der Waals surface area contributed by atoms with E-state index in [1.54, 1.807) is 0 Å². The zero-order valence-electron chi connectivity index (χ0n) is 11.6. The summed E-state index contributed by atoms with van der Waals surface area (Å²) < 4.78 is 1.82. The second-order valence-electron chi connectivity index (χ2n) is 5.32. The molecular formula is C12H24N6. The highest BCUT2D eigenvalue weighted by Gasteiger charge is 2.26. The summed E-state index contributed by atoms with van der Waals surface area (Å²) in [5, 5.41) is 8.27. The maximum atomic E-state index is 5.50. The van der Waals surface area contributed by atoms with Crippen molar-refractivity contribution in [1.82, 2.24) is 24.8 Å². The molecule has 1 saturated heterocycles. The summed E-state index contributed by atoms with van der Waals surface area (Å²) in [5.41, 5.74) is 6.54. The molecule has 0 radical (unpaired) electrons. The van der Waals surface area contributed by atoms with Gasteiger partial charge in [0.05, 0.1) is 12.2 Å².